The number of amides is 1. The van der Waals surface area contributed by atoms with Crippen molar-refractivity contribution in [2.45, 2.75) is 0 Å². The van der Waals surface area contributed by atoms with Crippen molar-refractivity contribution >= 4 is 35.0 Å². The molecule has 0 unspecified atom stereocenters. The number of morpholine rings is 1. The summed E-state index contributed by atoms with van der Waals surface area (Å²) in [7, 11) is 3.10. The van der Waals surface area contributed by atoms with Crippen molar-refractivity contribution in [3.8, 4) is 5.75 Å². The second-order valence-corrected chi connectivity index (χ2v) is 6.11. The molecule has 0 atom stereocenters. The Morgan fingerprint density at radius 3 is 2.78 bits per heavy atom. The first-order valence-corrected chi connectivity index (χ1v) is 8.63. The van der Waals surface area contributed by atoms with Gasteiger partial charge in [-0.1, -0.05) is 11.6 Å². The molecule has 3 rings (SSSR count). The third kappa shape index (κ3) is 4.20. The third-order valence-electron chi connectivity index (χ3n) is 4.05. The number of methoxy groups -OCH3 is 1. The van der Waals surface area contributed by atoms with Crippen LogP contribution < -0.4 is 15.4 Å². The fourth-order valence-electron chi connectivity index (χ4n) is 2.64. The first kappa shape index (κ1) is 19.1. The Kier molecular flexibility index (Phi) is 5.92. The molecule has 1 saturated heterocycles. The Morgan fingerprint density at radius 2 is 2.11 bits per heavy atom. The van der Waals surface area contributed by atoms with Crippen LogP contribution >= 0.6 is 11.6 Å². The highest BCUT2D eigenvalue weighted by molar-refractivity contribution is 6.32. The molecule has 0 spiro atoms. The standard InChI is InChI=1S/C17H19ClFN5O3/c1-20-15-11(18)9-21-17(23-15)22-13-8-12(19)10(7-14(13)26-2)16(25)24-3-5-27-6-4-24/h7-9H,3-6H2,1-2H3,(H2,20,21,22,23). The second-order valence-electron chi connectivity index (χ2n) is 5.70. The van der Waals surface area contributed by atoms with Crippen molar-refractivity contribution in [1.29, 1.82) is 0 Å². The van der Waals surface area contributed by atoms with Crippen molar-refractivity contribution in [3.05, 3.63) is 34.7 Å². The number of benzene rings is 1. The molecule has 0 bridgehead atoms. The van der Waals surface area contributed by atoms with Gasteiger partial charge in [-0.15, -0.1) is 0 Å². The average Bonchev–Trinajstić information content (AvgIpc) is 2.70. The van der Waals surface area contributed by atoms with Gasteiger partial charge in [0.25, 0.3) is 5.91 Å². The molecule has 2 N–H and O–H groups in total. The number of nitrogens with one attached hydrogen (secondary N) is 2. The SMILES string of the molecule is CNc1nc(Nc2cc(F)c(C(=O)N3CCOCC3)cc2OC)ncc1Cl. The summed E-state index contributed by atoms with van der Waals surface area (Å²) in [6.45, 7) is 1.72. The van der Waals surface area contributed by atoms with Gasteiger partial charge in [0.15, 0.2) is 0 Å². The van der Waals surface area contributed by atoms with Crippen LogP contribution in [0.3, 0.4) is 0 Å². The molecule has 8 nitrogen and oxygen atoms in total. The molecule has 1 amide bonds. The maximum atomic E-state index is 14.6. The van der Waals surface area contributed by atoms with Crippen molar-refractivity contribution in [2.24, 2.45) is 0 Å². The van der Waals surface area contributed by atoms with Gasteiger partial charge in [-0.3, -0.25) is 4.79 Å². The molecule has 1 fully saturated rings. The Morgan fingerprint density at radius 1 is 1.37 bits per heavy atom. The lowest BCUT2D eigenvalue weighted by atomic mass is 10.1. The van der Waals surface area contributed by atoms with Crippen LogP contribution in [0.4, 0.5) is 21.8 Å². The van der Waals surface area contributed by atoms with Crippen LogP contribution in [-0.4, -0.2) is 61.2 Å². The van der Waals surface area contributed by atoms with E-state index in [1.807, 2.05) is 0 Å². The van der Waals surface area contributed by atoms with Crippen LogP contribution in [0, 0.1) is 5.82 Å². The van der Waals surface area contributed by atoms with Gasteiger partial charge in [0.2, 0.25) is 5.95 Å². The van der Waals surface area contributed by atoms with Gasteiger partial charge < -0.3 is 25.0 Å². The third-order valence-corrected chi connectivity index (χ3v) is 4.32. The lowest BCUT2D eigenvalue weighted by Crippen LogP contribution is -2.41. The van der Waals surface area contributed by atoms with Crippen LogP contribution in [0.15, 0.2) is 18.3 Å². The van der Waals surface area contributed by atoms with E-state index < -0.39 is 11.7 Å². The monoisotopic (exact) mass is 395 g/mol. The number of anilines is 3. The summed E-state index contributed by atoms with van der Waals surface area (Å²) in [5.74, 6) is -0.155. The van der Waals surface area contributed by atoms with Gasteiger partial charge in [-0.05, 0) is 6.07 Å². The maximum Gasteiger partial charge on any atom is 0.257 e. The number of hydrogen-bond acceptors (Lipinski definition) is 7. The van der Waals surface area contributed by atoms with E-state index in [2.05, 4.69) is 20.6 Å². The van der Waals surface area contributed by atoms with Crippen LogP contribution in [0.25, 0.3) is 0 Å². The van der Waals surface area contributed by atoms with Crippen LogP contribution in [0.2, 0.25) is 5.02 Å². The van der Waals surface area contributed by atoms with E-state index in [0.29, 0.717) is 37.1 Å². The van der Waals surface area contributed by atoms with E-state index in [-0.39, 0.29) is 22.9 Å². The first-order valence-electron chi connectivity index (χ1n) is 8.25. The van der Waals surface area contributed by atoms with Crippen LogP contribution in [0.5, 0.6) is 5.75 Å². The van der Waals surface area contributed by atoms with E-state index in [0.717, 1.165) is 0 Å². The van der Waals surface area contributed by atoms with Crippen molar-refractivity contribution in [3.63, 3.8) is 0 Å². The molecule has 1 aliphatic rings. The summed E-state index contributed by atoms with van der Waals surface area (Å²) >= 11 is 5.96. The molecule has 27 heavy (non-hydrogen) atoms. The summed E-state index contributed by atoms with van der Waals surface area (Å²) in [5.41, 5.74) is 0.227. The maximum absolute atomic E-state index is 14.6. The number of hydrogen-bond donors (Lipinski definition) is 2. The first-order chi connectivity index (χ1) is 13.0. The predicted molar refractivity (Wildman–Crippen MR) is 99.5 cm³/mol. The van der Waals surface area contributed by atoms with Gasteiger partial charge >= 0.3 is 0 Å². The zero-order valence-corrected chi connectivity index (χ0v) is 15.6. The Hall–Kier alpha value is -2.65. The minimum absolute atomic E-state index is 0.0627. The molecule has 1 aromatic heterocycles. The van der Waals surface area contributed by atoms with E-state index in [9.17, 15) is 9.18 Å². The van der Waals surface area contributed by atoms with Gasteiger partial charge in [-0.25, -0.2) is 9.37 Å². The summed E-state index contributed by atoms with van der Waals surface area (Å²) in [6.07, 6.45) is 1.42. The molecule has 2 aromatic rings. The smallest absolute Gasteiger partial charge is 0.257 e. The number of halogens is 2. The topological polar surface area (TPSA) is 88.6 Å². The number of ether oxygens (including phenoxy) is 2. The van der Waals surface area contributed by atoms with Crippen molar-refractivity contribution in [1.82, 2.24) is 14.9 Å². The predicted octanol–water partition coefficient (Wildman–Crippen LogP) is 2.54. The zero-order chi connectivity index (χ0) is 19.4. The fourth-order valence-corrected chi connectivity index (χ4v) is 2.83. The van der Waals surface area contributed by atoms with E-state index in [1.165, 1.54) is 25.4 Å². The molecular formula is C17H19ClFN5O3. The minimum atomic E-state index is -0.669. The lowest BCUT2D eigenvalue weighted by molar-refractivity contribution is 0.0299. The molecule has 1 aromatic carbocycles. The Labute approximate surface area is 160 Å². The number of rotatable bonds is 5. The summed E-state index contributed by atoms with van der Waals surface area (Å²) in [6, 6.07) is 2.55. The fraction of sp³-hybridized carbons (Fsp3) is 0.353. The van der Waals surface area contributed by atoms with Crippen molar-refractivity contribution < 1.29 is 18.7 Å². The summed E-state index contributed by atoms with van der Waals surface area (Å²) < 4.78 is 25.2. The number of nitrogens with zero attached hydrogens (tertiary/aromatic N) is 3. The van der Waals surface area contributed by atoms with Gasteiger partial charge in [0.05, 0.1) is 37.8 Å². The van der Waals surface area contributed by atoms with E-state index in [1.54, 1.807) is 11.9 Å². The Bertz CT molecular complexity index is 846. The lowest BCUT2D eigenvalue weighted by Gasteiger charge is -2.27. The van der Waals surface area contributed by atoms with Gasteiger partial charge in [0, 0.05) is 26.2 Å². The van der Waals surface area contributed by atoms with Crippen LogP contribution in [-0.2, 0) is 4.74 Å². The molecule has 10 heteroatoms. The molecular weight excluding hydrogens is 377 g/mol. The van der Waals surface area contributed by atoms with Gasteiger partial charge in [0.1, 0.15) is 22.4 Å². The van der Waals surface area contributed by atoms with E-state index in [4.69, 9.17) is 21.1 Å². The van der Waals surface area contributed by atoms with Crippen molar-refractivity contribution in [2.75, 3.05) is 51.1 Å². The summed E-state index contributed by atoms with van der Waals surface area (Å²) in [5, 5.41) is 6.07. The average molecular weight is 396 g/mol. The highest BCUT2D eigenvalue weighted by Crippen LogP contribution is 2.31. The zero-order valence-electron chi connectivity index (χ0n) is 14.9. The quantitative estimate of drug-likeness (QED) is 0.804. The summed E-state index contributed by atoms with van der Waals surface area (Å²) in [4.78, 5) is 22.4. The molecule has 0 radical (unpaired) electrons. The molecule has 1 aliphatic heterocycles. The number of aromatic nitrogens is 2. The van der Waals surface area contributed by atoms with E-state index >= 15 is 0 Å². The molecule has 144 valence electrons. The largest absolute Gasteiger partial charge is 0.495 e. The highest BCUT2D eigenvalue weighted by Gasteiger charge is 2.23. The number of carbonyl (C=O) groups is 1. The molecule has 0 aliphatic carbocycles. The number of carbonyl (C=O) groups excluding carboxylic acids is 1. The highest BCUT2D eigenvalue weighted by atomic mass is 35.5. The molecule has 0 saturated carbocycles. The normalized spacial score (nSPS) is 14.0. The van der Waals surface area contributed by atoms with Gasteiger partial charge in [-0.2, -0.15) is 4.98 Å². The minimum Gasteiger partial charge on any atom is -0.495 e. The second kappa shape index (κ2) is 8.36. The Balaban J connectivity index is 1.88. The molecule has 2 heterocycles. The van der Waals surface area contributed by atoms with Crippen LogP contribution in [0.1, 0.15) is 10.4 Å².